The van der Waals surface area contributed by atoms with Gasteiger partial charge in [0, 0.05) is 0 Å². The first-order valence-corrected chi connectivity index (χ1v) is 7.91. The van der Waals surface area contributed by atoms with Crippen molar-refractivity contribution < 1.29 is 14.3 Å². The zero-order valence-electron chi connectivity index (χ0n) is 12.9. The molecule has 0 unspecified atom stereocenters. The minimum Gasteiger partial charge on any atom is -0.493 e. The number of methoxy groups -OCH3 is 1. The largest absolute Gasteiger partial charge is 0.493 e. The Labute approximate surface area is 134 Å². The minimum absolute atomic E-state index is 0.150. The topological polar surface area (TPSA) is 71.4 Å². The van der Waals surface area contributed by atoms with Crippen LogP contribution in [0.4, 0.5) is 0 Å². The second-order valence-electron chi connectivity index (χ2n) is 5.34. The van der Waals surface area contributed by atoms with Gasteiger partial charge < -0.3 is 14.8 Å². The van der Waals surface area contributed by atoms with Gasteiger partial charge in [0.05, 0.1) is 18.6 Å². The molecule has 5 nitrogen and oxygen atoms in total. The van der Waals surface area contributed by atoms with Crippen molar-refractivity contribution in [2.45, 2.75) is 20.3 Å². The highest BCUT2D eigenvalue weighted by Crippen LogP contribution is 2.31. The molecule has 22 heavy (non-hydrogen) atoms. The standard InChI is InChI=1S/C16H20N2O3S/c1-10(2)6-7-21-12-5-4-11(8-13(12)20-3)9-14-15(19)18-16(17)22-14/h4-5,8-10H,6-7H2,1-3H3,(H2,17,18,19)/b14-9-. The van der Waals surface area contributed by atoms with Crippen molar-refractivity contribution in [2.75, 3.05) is 13.7 Å². The molecule has 1 heterocycles. The number of ether oxygens (including phenoxy) is 2. The predicted octanol–water partition coefficient (Wildman–Crippen LogP) is 3.26. The normalized spacial score (nSPS) is 16.3. The first kappa shape index (κ1) is 16.4. The van der Waals surface area contributed by atoms with Crippen LogP contribution in [0.1, 0.15) is 25.8 Å². The maximum atomic E-state index is 11.6. The third-order valence-corrected chi connectivity index (χ3v) is 3.93. The number of hydrogen-bond acceptors (Lipinski definition) is 5. The van der Waals surface area contributed by atoms with E-state index < -0.39 is 0 Å². The van der Waals surface area contributed by atoms with Crippen molar-refractivity contribution in [3.8, 4) is 11.5 Å². The van der Waals surface area contributed by atoms with Gasteiger partial charge >= 0.3 is 0 Å². The van der Waals surface area contributed by atoms with Crippen molar-refractivity contribution in [1.82, 2.24) is 5.32 Å². The summed E-state index contributed by atoms with van der Waals surface area (Å²) in [6.07, 6.45) is 2.72. The Balaban J connectivity index is 2.13. The summed E-state index contributed by atoms with van der Waals surface area (Å²) in [4.78, 5) is 12.1. The Bertz CT molecular complexity index is 611. The van der Waals surface area contributed by atoms with E-state index in [9.17, 15) is 4.79 Å². The van der Waals surface area contributed by atoms with Crippen LogP contribution >= 0.6 is 11.8 Å². The molecule has 0 radical (unpaired) electrons. The van der Waals surface area contributed by atoms with Gasteiger partial charge in [-0.1, -0.05) is 19.9 Å². The molecule has 0 saturated carbocycles. The molecule has 1 aliphatic heterocycles. The Morgan fingerprint density at radius 3 is 2.73 bits per heavy atom. The molecule has 0 bridgehead atoms. The van der Waals surface area contributed by atoms with Gasteiger partial charge in [-0.15, -0.1) is 0 Å². The summed E-state index contributed by atoms with van der Waals surface area (Å²) in [5.41, 5.74) is 0.834. The van der Waals surface area contributed by atoms with E-state index in [4.69, 9.17) is 14.9 Å². The lowest BCUT2D eigenvalue weighted by molar-refractivity contribution is -0.115. The quantitative estimate of drug-likeness (QED) is 0.789. The fourth-order valence-electron chi connectivity index (χ4n) is 1.89. The van der Waals surface area contributed by atoms with Gasteiger partial charge in [0.15, 0.2) is 16.7 Å². The number of amides is 1. The highest BCUT2D eigenvalue weighted by atomic mass is 32.2. The third-order valence-electron chi connectivity index (χ3n) is 3.10. The molecule has 1 amide bonds. The van der Waals surface area contributed by atoms with Crippen molar-refractivity contribution in [1.29, 1.82) is 5.41 Å². The van der Waals surface area contributed by atoms with Crippen molar-refractivity contribution in [3.05, 3.63) is 28.7 Å². The van der Waals surface area contributed by atoms with E-state index in [1.807, 2.05) is 18.2 Å². The SMILES string of the molecule is COc1cc(/C=C2\SC(=N)NC2=O)ccc1OCCC(C)C. The van der Waals surface area contributed by atoms with Crippen LogP contribution in [-0.4, -0.2) is 24.8 Å². The molecule has 0 aromatic heterocycles. The van der Waals surface area contributed by atoms with Crippen LogP contribution in [-0.2, 0) is 4.79 Å². The van der Waals surface area contributed by atoms with Gasteiger partial charge in [-0.25, -0.2) is 0 Å². The fourth-order valence-corrected chi connectivity index (χ4v) is 2.59. The fraction of sp³-hybridized carbons (Fsp3) is 0.375. The van der Waals surface area contributed by atoms with Crippen LogP contribution in [0.25, 0.3) is 6.08 Å². The van der Waals surface area contributed by atoms with E-state index in [-0.39, 0.29) is 11.1 Å². The monoisotopic (exact) mass is 320 g/mol. The lowest BCUT2D eigenvalue weighted by atomic mass is 10.1. The molecule has 0 atom stereocenters. The number of rotatable bonds is 6. The molecule has 1 aliphatic rings. The highest BCUT2D eigenvalue weighted by molar-refractivity contribution is 8.18. The number of carbonyl (C=O) groups is 1. The van der Waals surface area contributed by atoms with Crippen molar-refractivity contribution >= 4 is 28.9 Å². The van der Waals surface area contributed by atoms with E-state index in [1.165, 1.54) is 0 Å². The summed E-state index contributed by atoms with van der Waals surface area (Å²) < 4.78 is 11.1. The van der Waals surface area contributed by atoms with Gasteiger partial charge in [-0.2, -0.15) is 0 Å². The molecular formula is C16H20N2O3S. The average molecular weight is 320 g/mol. The summed E-state index contributed by atoms with van der Waals surface area (Å²) in [5.74, 6) is 1.67. The van der Waals surface area contributed by atoms with E-state index >= 15 is 0 Å². The molecule has 118 valence electrons. The maximum Gasteiger partial charge on any atom is 0.264 e. The summed E-state index contributed by atoms with van der Waals surface area (Å²) >= 11 is 1.11. The molecule has 1 fully saturated rings. The Morgan fingerprint density at radius 1 is 1.36 bits per heavy atom. The van der Waals surface area contributed by atoms with E-state index in [2.05, 4.69) is 19.2 Å². The lowest BCUT2D eigenvalue weighted by Gasteiger charge is -2.12. The lowest BCUT2D eigenvalue weighted by Crippen LogP contribution is -2.18. The van der Waals surface area contributed by atoms with Crippen LogP contribution in [0.15, 0.2) is 23.1 Å². The molecule has 1 aromatic rings. The Hall–Kier alpha value is -1.95. The third kappa shape index (κ3) is 4.27. The van der Waals surface area contributed by atoms with Crippen LogP contribution in [0.2, 0.25) is 0 Å². The molecule has 0 aliphatic carbocycles. The number of benzene rings is 1. The molecule has 2 N–H and O–H groups in total. The average Bonchev–Trinajstić information content (AvgIpc) is 2.77. The van der Waals surface area contributed by atoms with Crippen molar-refractivity contribution in [3.63, 3.8) is 0 Å². The number of nitrogens with one attached hydrogen (secondary N) is 2. The molecule has 6 heteroatoms. The number of thioether (sulfide) groups is 1. The maximum absolute atomic E-state index is 11.6. The second-order valence-corrected chi connectivity index (χ2v) is 6.39. The summed E-state index contributed by atoms with van der Waals surface area (Å²) in [5, 5.41) is 10.0. The Morgan fingerprint density at radius 2 is 2.14 bits per heavy atom. The number of amidine groups is 1. The molecule has 1 aromatic carbocycles. The van der Waals surface area contributed by atoms with Gasteiger partial charge in [0.2, 0.25) is 0 Å². The molecular weight excluding hydrogens is 300 g/mol. The van der Waals surface area contributed by atoms with Crippen LogP contribution in [0.5, 0.6) is 11.5 Å². The predicted molar refractivity (Wildman–Crippen MR) is 89.4 cm³/mol. The van der Waals surface area contributed by atoms with Gasteiger partial charge in [0.25, 0.3) is 5.91 Å². The van der Waals surface area contributed by atoms with Crippen molar-refractivity contribution in [2.24, 2.45) is 5.92 Å². The summed E-state index contributed by atoms with van der Waals surface area (Å²) in [6.45, 7) is 4.94. The van der Waals surface area contributed by atoms with Crippen LogP contribution in [0.3, 0.4) is 0 Å². The first-order chi connectivity index (χ1) is 10.5. The van der Waals surface area contributed by atoms with Gasteiger partial charge in [0.1, 0.15) is 0 Å². The van der Waals surface area contributed by atoms with Crippen LogP contribution < -0.4 is 14.8 Å². The summed E-state index contributed by atoms with van der Waals surface area (Å²) in [6, 6.07) is 5.54. The molecule has 2 rings (SSSR count). The van der Waals surface area contributed by atoms with Crippen LogP contribution in [0, 0.1) is 11.3 Å². The number of carbonyl (C=O) groups excluding carboxylic acids is 1. The van der Waals surface area contributed by atoms with E-state index in [0.29, 0.717) is 28.9 Å². The first-order valence-electron chi connectivity index (χ1n) is 7.10. The van der Waals surface area contributed by atoms with Gasteiger partial charge in [-0.05, 0) is 47.9 Å². The van der Waals surface area contributed by atoms with E-state index in [0.717, 1.165) is 23.7 Å². The second kappa shape index (κ2) is 7.35. The van der Waals surface area contributed by atoms with E-state index in [1.54, 1.807) is 13.2 Å². The smallest absolute Gasteiger partial charge is 0.264 e. The zero-order chi connectivity index (χ0) is 16.1. The molecule has 0 spiro atoms. The number of hydrogen-bond donors (Lipinski definition) is 2. The highest BCUT2D eigenvalue weighted by Gasteiger charge is 2.22. The molecule has 1 saturated heterocycles. The minimum atomic E-state index is -0.244. The summed E-state index contributed by atoms with van der Waals surface area (Å²) in [7, 11) is 1.59. The zero-order valence-corrected chi connectivity index (χ0v) is 13.8. The Kier molecular flexibility index (Phi) is 5.49. The van der Waals surface area contributed by atoms with Gasteiger partial charge in [-0.3, -0.25) is 10.2 Å².